The lowest BCUT2D eigenvalue weighted by molar-refractivity contribution is -0.157. The third kappa shape index (κ3) is 7.90. The summed E-state index contributed by atoms with van der Waals surface area (Å²) in [5, 5.41) is 25.9. The number of hydrogen-bond donors (Lipinski definition) is 4. The summed E-state index contributed by atoms with van der Waals surface area (Å²) < 4.78 is 5.08. The van der Waals surface area contributed by atoms with Gasteiger partial charge in [-0.15, -0.1) is 0 Å². The van der Waals surface area contributed by atoms with Crippen molar-refractivity contribution in [1.82, 2.24) is 10.6 Å². The fourth-order valence-electron chi connectivity index (χ4n) is 4.00. The van der Waals surface area contributed by atoms with Gasteiger partial charge in [0, 0.05) is 7.11 Å². The van der Waals surface area contributed by atoms with E-state index in [9.17, 15) is 24.6 Å². The first kappa shape index (κ1) is 28.0. The van der Waals surface area contributed by atoms with Crippen molar-refractivity contribution in [2.45, 2.75) is 57.9 Å². The number of carboxylic acid groups (broad SMARTS) is 1. The lowest BCUT2D eigenvalue weighted by Crippen LogP contribution is -2.60. The number of aliphatic carboxylic acids is 1. The molecule has 0 aliphatic carbocycles. The van der Waals surface area contributed by atoms with E-state index < -0.39 is 47.5 Å². The van der Waals surface area contributed by atoms with Gasteiger partial charge in [-0.1, -0.05) is 74.5 Å². The fraction of sp³-hybridized carbons (Fsp3) is 0.444. The first-order valence-corrected chi connectivity index (χ1v) is 11.6. The summed E-state index contributed by atoms with van der Waals surface area (Å²) in [5.74, 6) is -3.60. The lowest BCUT2D eigenvalue weighted by Gasteiger charge is -2.33. The number of aliphatic hydroxyl groups is 1. The van der Waals surface area contributed by atoms with Crippen LogP contribution in [0.25, 0.3) is 0 Å². The van der Waals surface area contributed by atoms with Gasteiger partial charge in [0.2, 0.25) is 11.8 Å². The van der Waals surface area contributed by atoms with Gasteiger partial charge in [0.25, 0.3) is 0 Å². The van der Waals surface area contributed by atoms with Crippen molar-refractivity contribution in [2.75, 3.05) is 7.11 Å². The standard InChI is InChI=1S/C27H36N2O6/c1-17(2)16-20(22(35-5)26(32)33)24(30)29-23(27(3,4)34)25(31)28-21(18-12-8-6-9-13-18)19-14-10-7-11-15-19/h6-15,17,20-23,34H,16H2,1-5H3,(H,28,31)(H,29,30)(H,32,33)/t20-,22+,23-/m1/s1. The quantitative estimate of drug-likeness (QED) is 0.367. The molecule has 0 heterocycles. The van der Waals surface area contributed by atoms with Crippen molar-refractivity contribution in [3.8, 4) is 0 Å². The van der Waals surface area contributed by atoms with Gasteiger partial charge in [0.15, 0.2) is 6.10 Å². The highest BCUT2D eigenvalue weighted by Crippen LogP contribution is 2.24. The highest BCUT2D eigenvalue weighted by Gasteiger charge is 2.40. The Labute approximate surface area is 206 Å². The van der Waals surface area contributed by atoms with Crippen LogP contribution in [-0.4, -0.2) is 52.9 Å². The zero-order valence-corrected chi connectivity index (χ0v) is 20.9. The van der Waals surface area contributed by atoms with E-state index >= 15 is 0 Å². The third-order valence-electron chi connectivity index (χ3n) is 5.73. The Bertz CT molecular complexity index is 933. The van der Waals surface area contributed by atoms with Gasteiger partial charge in [-0.25, -0.2) is 4.79 Å². The molecular weight excluding hydrogens is 448 g/mol. The second-order valence-electron chi connectivity index (χ2n) is 9.59. The molecule has 2 aromatic carbocycles. The maximum Gasteiger partial charge on any atom is 0.333 e. The molecule has 35 heavy (non-hydrogen) atoms. The topological polar surface area (TPSA) is 125 Å². The molecule has 2 amide bonds. The highest BCUT2D eigenvalue weighted by molar-refractivity contribution is 5.92. The van der Waals surface area contributed by atoms with Crippen molar-refractivity contribution in [1.29, 1.82) is 0 Å². The Morgan fingerprint density at radius 3 is 1.74 bits per heavy atom. The summed E-state index contributed by atoms with van der Waals surface area (Å²) in [7, 11) is 1.23. The molecule has 0 spiro atoms. The molecule has 0 saturated carbocycles. The molecule has 0 unspecified atom stereocenters. The van der Waals surface area contributed by atoms with Crippen LogP contribution in [0, 0.1) is 11.8 Å². The molecule has 0 fully saturated rings. The van der Waals surface area contributed by atoms with Crippen LogP contribution < -0.4 is 10.6 Å². The molecule has 0 bridgehead atoms. The van der Waals surface area contributed by atoms with E-state index in [-0.39, 0.29) is 12.3 Å². The Morgan fingerprint density at radius 1 is 0.886 bits per heavy atom. The highest BCUT2D eigenvalue weighted by atomic mass is 16.5. The molecule has 2 aromatic rings. The maximum atomic E-state index is 13.5. The van der Waals surface area contributed by atoms with Crippen molar-refractivity contribution in [2.24, 2.45) is 11.8 Å². The molecule has 0 aliphatic heterocycles. The van der Waals surface area contributed by atoms with E-state index in [1.807, 2.05) is 74.5 Å². The molecule has 0 aromatic heterocycles. The molecular formula is C27H36N2O6. The number of ether oxygens (including phenoxy) is 1. The summed E-state index contributed by atoms with van der Waals surface area (Å²) in [5.41, 5.74) is 0.0259. The maximum absolute atomic E-state index is 13.5. The van der Waals surface area contributed by atoms with Crippen molar-refractivity contribution >= 4 is 17.8 Å². The first-order chi connectivity index (χ1) is 16.5. The predicted octanol–water partition coefficient (Wildman–Crippen LogP) is 2.91. The van der Waals surface area contributed by atoms with E-state index in [0.29, 0.717) is 0 Å². The van der Waals surface area contributed by atoms with Crippen LogP contribution in [0.15, 0.2) is 60.7 Å². The van der Waals surface area contributed by atoms with Crippen molar-refractivity contribution < 1.29 is 29.3 Å². The molecule has 190 valence electrons. The van der Waals surface area contributed by atoms with E-state index in [2.05, 4.69) is 10.6 Å². The van der Waals surface area contributed by atoms with Crippen LogP contribution in [0.5, 0.6) is 0 Å². The number of methoxy groups -OCH3 is 1. The molecule has 8 heteroatoms. The van der Waals surface area contributed by atoms with Gasteiger partial charge in [0.1, 0.15) is 6.04 Å². The average Bonchev–Trinajstić information content (AvgIpc) is 2.80. The van der Waals surface area contributed by atoms with E-state index in [0.717, 1.165) is 11.1 Å². The fourth-order valence-corrected chi connectivity index (χ4v) is 4.00. The van der Waals surface area contributed by atoms with Crippen LogP contribution in [-0.2, 0) is 19.1 Å². The third-order valence-corrected chi connectivity index (χ3v) is 5.73. The van der Waals surface area contributed by atoms with E-state index in [1.54, 1.807) is 0 Å². The minimum Gasteiger partial charge on any atom is -0.479 e. The van der Waals surface area contributed by atoms with Gasteiger partial charge in [-0.3, -0.25) is 9.59 Å². The number of benzene rings is 2. The number of hydrogen-bond acceptors (Lipinski definition) is 5. The van der Waals surface area contributed by atoms with Gasteiger partial charge >= 0.3 is 5.97 Å². The zero-order chi connectivity index (χ0) is 26.2. The van der Waals surface area contributed by atoms with Crippen LogP contribution in [0.1, 0.15) is 51.3 Å². The number of carbonyl (C=O) groups is 3. The first-order valence-electron chi connectivity index (χ1n) is 11.6. The molecule has 2 rings (SSSR count). The Balaban J connectivity index is 2.35. The summed E-state index contributed by atoms with van der Waals surface area (Å²) in [6.07, 6.45) is -1.16. The largest absolute Gasteiger partial charge is 0.479 e. The minimum atomic E-state index is -1.63. The van der Waals surface area contributed by atoms with E-state index in [4.69, 9.17) is 4.74 Å². The molecule has 0 aliphatic rings. The second-order valence-corrected chi connectivity index (χ2v) is 9.59. The van der Waals surface area contributed by atoms with E-state index in [1.165, 1.54) is 21.0 Å². The molecule has 3 atom stereocenters. The number of carboxylic acids is 1. The minimum absolute atomic E-state index is 0.00213. The smallest absolute Gasteiger partial charge is 0.333 e. The predicted molar refractivity (Wildman–Crippen MR) is 132 cm³/mol. The van der Waals surface area contributed by atoms with Gasteiger partial charge in [0.05, 0.1) is 17.6 Å². The molecule has 8 nitrogen and oxygen atoms in total. The molecule has 0 radical (unpaired) electrons. The summed E-state index contributed by atoms with van der Waals surface area (Å²) in [6.45, 7) is 6.55. The number of nitrogens with one attached hydrogen (secondary N) is 2. The Morgan fingerprint density at radius 2 is 1.37 bits per heavy atom. The number of amides is 2. The van der Waals surface area contributed by atoms with Crippen LogP contribution in [0.3, 0.4) is 0 Å². The summed E-state index contributed by atoms with van der Waals surface area (Å²) in [4.78, 5) is 38.4. The van der Waals surface area contributed by atoms with Gasteiger partial charge < -0.3 is 25.6 Å². The summed E-state index contributed by atoms with van der Waals surface area (Å²) >= 11 is 0. The van der Waals surface area contributed by atoms with Crippen LogP contribution in [0.4, 0.5) is 0 Å². The SMILES string of the molecule is CO[C@H](C(=O)O)[C@@H](CC(C)C)C(=O)N[C@H](C(=O)NC(c1ccccc1)c1ccccc1)C(C)(C)O. The van der Waals surface area contributed by atoms with Gasteiger partial charge in [-0.2, -0.15) is 0 Å². The monoisotopic (exact) mass is 484 g/mol. The zero-order valence-electron chi connectivity index (χ0n) is 20.9. The lowest BCUT2D eigenvalue weighted by atomic mass is 9.89. The Hall–Kier alpha value is -3.23. The Kier molecular flexibility index (Phi) is 9.98. The van der Waals surface area contributed by atoms with Gasteiger partial charge in [-0.05, 0) is 37.3 Å². The normalized spacial score (nSPS) is 14.3. The van der Waals surface area contributed by atoms with Crippen LogP contribution >= 0.6 is 0 Å². The molecule has 0 saturated heterocycles. The molecule has 4 N–H and O–H groups in total. The van der Waals surface area contributed by atoms with Crippen molar-refractivity contribution in [3.05, 3.63) is 71.8 Å². The number of rotatable bonds is 12. The van der Waals surface area contributed by atoms with Crippen molar-refractivity contribution in [3.63, 3.8) is 0 Å². The number of carbonyl (C=O) groups excluding carboxylic acids is 2. The average molecular weight is 485 g/mol. The summed E-state index contributed by atoms with van der Waals surface area (Å²) in [6, 6.07) is 16.8. The van der Waals surface area contributed by atoms with Crippen LogP contribution in [0.2, 0.25) is 0 Å². The second kappa shape index (κ2) is 12.5.